The summed E-state index contributed by atoms with van der Waals surface area (Å²) in [5, 5.41) is 0. The summed E-state index contributed by atoms with van der Waals surface area (Å²) in [5.74, 6) is 0. The van der Waals surface area contributed by atoms with E-state index in [4.69, 9.17) is 40.8 Å². The maximum absolute atomic E-state index is 8.74. The molecule has 0 amide bonds. The van der Waals surface area contributed by atoms with Gasteiger partial charge in [0, 0.05) is 0 Å². The van der Waals surface area contributed by atoms with E-state index in [1.807, 2.05) is 6.92 Å². The van der Waals surface area contributed by atoms with Crippen LogP contribution in [0, 0.1) is 0 Å². The van der Waals surface area contributed by atoms with Crippen molar-refractivity contribution in [2.45, 2.75) is 6.92 Å². The molecule has 0 aromatic rings. The van der Waals surface area contributed by atoms with E-state index >= 15 is 0 Å². The molecule has 0 bridgehead atoms. The number of nitrogens with two attached hydrogens (primary N) is 1. The number of hydrogen-bond donors (Lipinski definition) is 5. The molecule has 0 spiro atoms. The van der Waals surface area contributed by atoms with Gasteiger partial charge in [0.25, 0.3) is 0 Å². The van der Waals surface area contributed by atoms with E-state index in [9.17, 15) is 0 Å². The zero-order valence-corrected chi connectivity index (χ0v) is 8.16. The van der Waals surface area contributed by atoms with E-state index in [0.717, 1.165) is 6.54 Å². The molecule has 0 aliphatic rings. The third-order valence-corrected chi connectivity index (χ3v) is 0. The maximum atomic E-state index is 8.74. The first kappa shape index (κ1) is 18.5. The lowest BCUT2D eigenvalue weighted by atomic mass is 10.8. The molecule has 84 valence electrons. The zero-order chi connectivity index (χ0) is 11.7. The summed E-state index contributed by atoms with van der Waals surface area (Å²) in [6, 6.07) is 0. The first-order valence-electron chi connectivity index (χ1n) is 2.51. The molecule has 6 N–H and O–H groups in total. The molecule has 0 aromatic carbocycles. The molecule has 11 heteroatoms. The summed E-state index contributed by atoms with van der Waals surface area (Å²) in [6.45, 7) is 2.65. The molecule has 0 saturated heterocycles. The minimum atomic E-state index is -4.67. The van der Waals surface area contributed by atoms with E-state index in [1.54, 1.807) is 0 Å². The van der Waals surface area contributed by atoms with Crippen LogP contribution in [-0.4, -0.2) is 41.6 Å². The van der Waals surface area contributed by atoms with Crippen molar-refractivity contribution in [1.29, 1.82) is 0 Å². The van der Waals surface area contributed by atoms with Crippen LogP contribution in [0.1, 0.15) is 6.92 Å². The Bertz CT molecular complexity index is 229. The highest BCUT2D eigenvalue weighted by molar-refractivity contribution is 7.80. The fraction of sp³-hybridized carbons (Fsp3) is 1.00. The second-order valence-corrected chi connectivity index (χ2v) is 3.10. The lowest BCUT2D eigenvalue weighted by Crippen LogP contribution is -1.89. The lowest BCUT2D eigenvalue weighted by molar-refractivity contribution is 0.378. The first-order chi connectivity index (χ1) is 5.41. The monoisotopic (exact) mass is 241 g/mol. The van der Waals surface area contributed by atoms with Crippen LogP contribution in [-0.2, 0) is 20.8 Å². The predicted octanol–water partition coefficient (Wildman–Crippen LogP) is -1.34. The molecule has 0 fully saturated rings. The molecule has 0 heterocycles. The van der Waals surface area contributed by atoms with Gasteiger partial charge in [-0.1, -0.05) is 6.92 Å². The van der Waals surface area contributed by atoms with Crippen LogP contribution in [0.4, 0.5) is 0 Å². The van der Waals surface area contributed by atoms with Gasteiger partial charge >= 0.3 is 20.8 Å². The van der Waals surface area contributed by atoms with Gasteiger partial charge in [-0.05, 0) is 6.54 Å². The van der Waals surface area contributed by atoms with E-state index in [1.165, 1.54) is 0 Å². The van der Waals surface area contributed by atoms with Gasteiger partial charge < -0.3 is 5.73 Å². The topological polar surface area (TPSA) is 175 Å². The second-order valence-electron chi connectivity index (χ2n) is 1.30. The van der Waals surface area contributed by atoms with Crippen LogP contribution in [0.3, 0.4) is 0 Å². The van der Waals surface area contributed by atoms with E-state index in [-0.39, 0.29) is 0 Å². The number of hydrogen-bond acceptors (Lipinski definition) is 5. The van der Waals surface area contributed by atoms with Crippen LogP contribution in [0.5, 0.6) is 0 Å². The third-order valence-electron chi connectivity index (χ3n) is 0. The average Bonchev–Trinajstić information content (AvgIpc) is 1.52. The van der Waals surface area contributed by atoms with Gasteiger partial charge in [0.2, 0.25) is 0 Å². The van der Waals surface area contributed by atoms with Gasteiger partial charge in [0.1, 0.15) is 0 Å². The maximum Gasteiger partial charge on any atom is 0.394 e. The quantitative estimate of drug-likeness (QED) is 0.321. The fourth-order valence-corrected chi connectivity index (χ4v) is 0. The highest BCUT2D eigenvalue weighted by atomic mass is 32.3. The van der Waals surface area contributed by atoms with E-state index < -0.39 is 20.8 Å². The summed E-state index contributed by atoms with van der Waals surface area (Å²) in [6.07, 6.45) is 0. The molecule has 0 aromatic heterocycles. The Kier molecular flexibility index (Phi) is 11.8. The Hall–Kier alpha value is -0.300. The molecule has 0 saturated carbocycles. The fourth-order valence-electron chi connectivity index (χ4n) is 0. The van der Waals surface area contributed by atoms with Crippen molar-refractivity contribution in [3.63, 3.8) is 0 Å². The van der Waals surface area contributed by atoms with Crippen LogP contribution in [0.2, 0.25) is 0 Å². The summed E-state index contributed by atoms with van der Waals surface area (Å²) < 4.78 is 63.2. The second kappa shape index (κ2) is 8.31. The first-order valence-corrected chi connectivity index (χ1v) is 5.31. The molecule has 0 rings (SSSR count). The standard InChI is InChI=1S/C2H7N.2H2O4S/c1-2-3;2*1-5(2,3)4/h2-3H2,1H3;2*(H2,1,2,3,4). The van der Waals surface area contributed by atoms with Crippen LogP contribution >= 0.6 is 0 Å². The molecule has 0 unspecified atom stereocenters. The average molecular weight is 241 g/mol. The minimum Gasteiger partial charge on any atom is -0.331 e. The highest BCUT2D eigenvalue weighted by Crippen LogP contribution is 1.59. The van der Waals surface area contributed by atoms with Crippen molar-refractivity contribution >= 4 is 20.8 Å². The molecule has 9 nitrogen and oxygen atoms in total. The summed E-state index contributed by atoms with van der Waals surface area (Å²) in [7, 11) is -9.33. The zero-order valence-electron chi connectivity index (χ0n) is 6.52. The normalized spacial score (nSPS) is 10.3. The summed E-state index contributed by atoms with van der Waals surface area (Å²) >= 11 is 0. The van der Waals surface area contributed by atoms with E-state index in [0.29, 0.717) is 0 Å². The third kappa shape index (κ3) is 12200. The van der Waals surface area contributed by atoms with Crippen molar-refractivity contribution in [1.82, 2.24) is 0 Å². The van der Waals surface area contributed by atoms with Crippen LogP contribution in [0.25, 0.3) is 0 Å². The Morgan fingerprint density at radius 3 is 0.923 bits per heavy atom. The van der Waals surface area contributed by atoms with Crippen molar-refractivity contribution < 1.29 is 35.0 Å². The Balaban J connectivity index is -0.000000120. The molecule has 0 aliphatic carbocycles. The van der Waals surface area contributed by atoms with Gasteiger partial charge in [0.05, 0.1) is 0 Å². The lowest BCUT2D eigenvalue weighted by Gasteiger charge is -1.68. The SMILES string of the molecule is CCN.O=S(=O)(O)O.O=S(=O)(O)O. The minimum absolute atomic E-state index is 0.750. The van der Waals surface area contributed by atoms with Gasteiger partial charge in [-0.15, -0.1) is 0 Å². The smallest absolute Gasteiger partial charge is 0.331 e. The number of rotatable bonds is 0. The van der Waals surface area contributed by atoms with Crippen molar-refractivity contribution in [2.75, 3.05) is 6.54 Å². The van der Waals surface area contributed by atoms with Gasteiger partial charge in [0.15, 0.2) is 0 Å². The van der Waals surface area contributed by atoms with Crippen LogP contribution in [0.15, 0.2) is 0 Å². The van der Waals surface area contributed by atoms with Gasteiger partial charge in [-0.3, -0.25) is 18.2 Å². The molecule has 13 heavy (non-hydrogen) atoms. The van der Waals surface area contributed by atoms with Crippen molar-refractivity contribution in [3.8, 4) is 0 Å². The van der Waals surface area contributed by atoms with Crippen molar-refractivity contribution in [2.24, 2.45) is 5.73 Å². The molecule has 0 radical (unpaired) electrons. The van der Waals surface area contributed by atoms with E-state index in [2.05, 4.69) is 0 Å². The summed E-state index contributed by atoms with van der Waals surface area (Å²) in [5.41, 5.74) is 4.85. The van der Waals surface area contributed by atoms with Gasteiger partial charge in [-0.2, -0.15) is 16.8 Å². The highest BCUT2D eigenvalue weighted by Gasteiger charge is 1.85. The molecule has 0 atom stereocenters. The van der Waals surface area contributed by atoms with Crippen molar-refractivity contribution in [3.05, 3.63) is 0 Å². The molecule has 0 aliphatic heterocycles. The predicted molar refractivity (Wildman–Crippen MR) is 43.1 cm³/mol. The Labute approximate surface area is 75.7 Å². The molecular weight excluding hydrogens is 230 g/mol. The largest absolute Gasteiger partial charge is 0.394 e. The van der Waals surface area contributed by atoms with Crippen LogP contribution < -0.4 is 5.73 Å². The van der Waals surface area contributed by atoms with Gasteiger partial charge in [-0.25, -0.2) is 0 Å². The Morgan fingerprint density at radius 2 is 0.923 bits per heavy atom. The Morgan fingerprint density at radius 1 is 0.923 bits per heavy atom. The molecular formula is C2H11NO8S2. The summed E-state index contributed by atoms with van der Waals surface area (Å²) in [4.78, 5) is 0.